The van der Waals surface area contributed by atoms with Gasteiger partial charge in [-0.1, -0.05) is 54.1 Å². The van der Waals surface area contributed by atoms with Crippen molar-refractivity contribution in [3.8, 4) is 6.07 Å². The molecule has 4 aromatic rings. The SMILES string of the molecule is Cc1ccc(NC(=S)N(CCc2cncn2Cc2ccc(C#N)cc2)Cc2ccccc2C)cc1. The molecule has 0 atom stereocenters. The van der Waals surface area contributed by atoms with Crippen molar-refractivity contribution in [3.63, 3.8) is 0 Å². The van der Waals surface area contributed by atoms with Gasteiger partial charge in [0.1, 0.15) is 0 Å². The Morgan fingerprint density at radius 3 is 2.49 bits per heavy atom. The molecule has 0 radical (unpaired) electrons. The normalized spacial score (nSPS) is 10.5. The third-order valence-electron chi connectivity index (χ3n) is 6.08. The second-order valence-electron chi connectivity index (χ2n) is 8.72. The largest absolute Gasteiger partial charge is 0.344 e. The minimum Gasteiger partial charge on any atom is -0.344 e. The Balaban J connectivity index is 1.48. The first-order chi connectivity index (χ1) is 17.0. The van der Waals surface area contributed by atoms with Gasteiger partial charge < -0.3 is 14.8 Å². The molecule has 3 aromatic carbocycles. The molecule has 5 nitrogen and oxygen atoms in total. The second-order valence-corrected chi connectivity index (χ2v) is 9.10. The predicted molar refractivity (Wildman–Crippen MR) is 145 cm³/mol. The van der Waals surface area contributed by atoms with E-state index in [0.29, 0.717) is 17.2 Å². The average Bonchev–Trinajstić information content (AvgIpc) is 3.31. The number of nitriles is 1. The third-order valence-corrected chi connectivity index (χ3v) is 6.45. The fourth-order valence-corrected chi connectivity index (χ4v) is 4.19. The molecule has 0 aliphatic carbocycles. The van der Waals surface area contributed by atoms with E-state index in [0.717, 1.165) is 36.5 Å². The second kappa shape index (κ2) is 11.5. The molecule has 1 aromatic heterocycles. The standard InChI is InChI=1S/C29H29N5S/c1-22-7-13-27(14-8-22)32-29(35)33(20-26-6-4-3-5-23(26)2)16-15-28-18-31-21-34(28)19-25-11-9-24(17-30)10-12-25/h3-14,18,21H,15-16,19-20H2,1-2H3,(H,32,35). The maximum Gasteiger partial charge on any atom is 0.173 e. The monoisotopic (exact) mass is 479 g/mol. The number of thiocarbonyl (C=S) groups is 1. The average molecular weight is 480 g/mol. The van der Waals surface area contributed by atoms with Gasteiger partial charge in [-0.15, -0.1) is 0 Å². The van der Waals surface area contributed by atoms with Crippen LogP contribution in [0.2, 0.25) is 0 Å². The number of nitrogens with one attached hydrogen (secondary N) is 1. The van der Waals surface area contributed by atoms with Crippen molar-refractivity contribution in [2.24, 2.45) is 0 Å². The summed E-state index contributed by atoms with van der Waals surface area (Å²) in [6, 6.07) is 26.6. The summed E-state index contributed by atoms with van der Waals surface area (Å²) in [5, 5.41) is 13.2. The van der Waals surface area contributed by atoms with E-state index in [9.17, 15) is 0 Å². The van der Waals surface area contributed by atoms with Crippen molar-refractivity contribution in [1.82, 2.24) is 14.5 Å². The lowest BCUT2D eigenvalue weighted by atomic mass is 10.1. The van der Waals surface area contributed by atoms with Gasteiger partial charge in [0.15, 0.2) is 5.11 Å². The lowest BCUT2D eigenvalue weighted by Gasteiger charge is -2.27. The van der Waals surface area contributed by atoms with E-state index in [1.165, 1.54) is 16.7 Å². The highest BCUT2D eigenvalue weighted by Gasteiger charge is 2.14. The smallest absolute Gasteiger partial charge is 0.173 e. The summed E-state index contributed by atoms with van der Waals surface area (Å²) < 4.78 is 2.16. The summed E-state index contributed by atoms with van der Waals surface area (Å²) in [4.78, 5) is 6.61. The Hall–Kier alpha value is -3.95. The number of imidazole rings is 1. The van der Waals surface area contributed by atoms with Crippen LogP contribution >= 0.6 is 12.2 Å². The summed E-state index contributed by atoms with van der Waals surface area (Å²) in [6.45, 7) is 6.41. The van der Waals surface area contributed by atoms with Crippen molar-refractivity contribution in [2.45, 2.75) is 33.4 Å². The van der Waals surface area contributed by atoms with Crippen LogP contribution in [0.3, 0.4) is 0 Å². The van der Waals surface area contributed by atoms with Crippen LogP contribution in [0.15, 0.2) is 85.3 Å². The highest BCUT2D eigenvalue weighted by atomic mass is 32.1. The van der Waals surface area contributed by atoms with E-state index in [1.807, 2.05) is 36.8 Å². The van der Waals surface area contributed by atoms with Crippen molar-refractivity contribution in [2.75, 3.05) is 11.9 Å². The number of rotatable bonds is 8. The Labute approximate surface area is 212 Å². The number of aromatic nitrogens is 2. The molecule has 0 unspecified atom stereocenters. The summed E-state index contributed by atoms with van der Waals surface area (Å²) in [5.74, 6) is 0. The van der Waals surface area contributed by atoms with E-state index in [2.05, 4.69) is 88.2 Å². The summed E-state index contributed by atoms with van der Waals surface area (Å²) in [5.41, 5.74) is 7.66. The number of benzene rings is 3. The lowest BCUT2D eigenvalue weighted by Crippen LogP contribution is -2.36. The van der Waals surface area contributed by atoms with Gasteiger partial charge in [0.2, 0.25) is 0 Å². The van der Waals surface area contributed by atoms with Crippen LogP contribution in [-0.4, -0.2) is 26.1 Å². The van der Waals surface area contributed by atoms with Crippen LogP contribution in [0.4, 0.5) is 5.69 Å². The molecule has 176 valence electrons. The number of aryl methyl sites for hydroxylation is 2. The number of nitrogens with zero attached hydrogens (tertiary/aromatic N) is 4. The van der Waals surface area contributed by atoms with Crippen molar-refractivity contribution >= 4 is 23.0 Å². The summed E-state index contributed by atoms with van der Waals surface area (Å²) in [7, 11) is 0. The van der Waals surface area contributed by atoms with Gasteiger partial charge in [-0.05, 0) is 67.0 Å². The van der Waals surface area contributed by atoms with Crippen molar-refractivity contribution in [1.29, 1.82) is 5.26 Å². The molecular weight excluding hydrogens is 450 g/mol. The Kier molecular flexibility index (Phi) is 7.92. The van der Waals surface area contributed by atoms with Crippen LogP contribution in [0.25, 0.3) is 0 Å². The van der Waals surface area contributed by atoms with Gasteiger partial charge in [-0.2, -0.15) is 5.26 Å². The summed E-state index contributed by atoms with van der Waals surface area (Å²) in [6.07, 6.45) is 4.59. The Morgan fingerprint density at radius 1 is 1.03 bits per heavy atom. The number of hydrogen-bond donors (Lipinski definition) is 1. The van der Waals surface area contributed by atoms with Crippen molar-refractivity contribution < 1.29 is 0 Å². The molecule has 6 heteroatoms. The maximum absolute atomic E-state index is 9.04. The van der Waals surface area contributed by atoms with Gasteiger partial charge in [-0.25, -0.2) is 4.98 Å². The molecule has 0 saturated carbocycles. The Bertz CT molecular complexity index is 1320. The molecule has 1 N–H and O–H groups in total. The van der Waals surface area contributed by atoms with Gasteiger partial charge >= 0.3 is 0 Å². The highest BCUT2D eigenvalue weighted by molar-refractivity contribution is 7.80. The van der Waals surface area contributed by atoms with Crippen LogP contribution in [0.1, 0.15) is 33.5 Å². The number of hydrogen-bond acceptors (Lipinski definition) is 3. The summed E-state index contributed by atoms with van der Waals surface area (Å²) >= 11 is 5.86. The lowest BCUT2D eigenvalue weighted by molar-refractivity contribution is 0.417. The van der Waals surface area contributed by atoms with Crippen LogP contribution in [0.5, 0.6) is 0 Å². The molecule has 0 amide bonds. The van der Waals surface area contributed by atoms with Gasteiger partial charge in [0.25, 0.3) is 0 Å². The molecule has 0 aliphatic rings. The van der Waals surface area contributed by atoms with Gasteiger partial charge in [-0.3, -0.25) is 0 Å². The first-order valence-electron chi connectivity index (χ1n) is 11.7. The van der Waals surface area contributed by atoms with E-state index in [4.69, 9.17) is 17.5 Å². The molecule has 0 spiro atoms. The molecule has 0 saturated heterocycles. The van der Waals surface area contributed by atoms with E-state index in [1.54, 1.807) is 0 Å². The predicted octanol–water partition coefficient (Wildman–Crippen LogP) is 5.86. The Morgan fingerprint density at radius 2 is 1.77 bits per heavy atom. The zero-order valence-corrected chi connectivity index (χ0v) is 20.9. The first kappa shape index (κ1) is 24.2. The van der Waals surface area contributed by atoms with Crippen LogP contribution in [0, 0.1) is 25.2 Å². The van der Waals surface area contributed by atoms with E-state index in [-0.39, 0.29) is 0 Å². The molecule has 4 rings (SSSR count). The molecule has 1 heterocycles. The van der Waals surface area contributed by atoms with Crippen LogP contribution in [-0.2, 0) is 19.5 Å². The van der Waals surface area contributed by atoms with E-state index >= 15 is 0 Å². The molecule has 0 aliphatic heterocycles. The third kappa shape index (κ3) is 6.56. The zero-order chi connectivity index (χ0) is 24.6. The molecule has 0 fully saturated rings. The van der Waals surface area contributed by atoms with Crippen LogP contribution < -0.4 is 5.32 Å². The minimum atomic E-state index is 0.668. The first-order valence-corrected chi connectivity index (χ1v) is 12.1. The molecule has 0 bridgehead atoms. The molecule has 35 heavy (non-hydrogen) atoms. The number of anilines is 1. The quantitative estimate of drug-likeness (QED) is 0.321. The highest BCUT2D eigenvalue weighted by Crippen LogP contribution is 2.16. The minimum absolute atomic E-state index is 0.668. The fourth-order valence-electron chi connectivity index (χ4n) is 3.91. The fraction of sp³-hybridized carbons (Fsp3) is 0.207. The molecular formula is C29H29N5S. The van der Waals surface area contributed by atoms with Gasteiger partial charge in [0, 0.05) is 43.6 Å². The van der Waals surface area contributed by atoms with Crippen molar-refractivity contribution in [3.05, 3.63) is 119 Å². The van der Waals surface area contributed by atoms with Gasteiger partial charge in [0.05, 0.1) is 18.0 Å². The van der Waals surface area contributed by atoms with E-state index < -0.39 is 0 Å². The maximum atomic E-state index is 9.04. The zero-order valence-electron chi connectivity index (χ0n) is 20.1. The topological polar surface area (TPSA) is 56.9 Å².